The van der Waals surface area contributed by atoms with Crippen LogP contribution in [-0.2, 0) is 4.74 Å². The average molecular weight is 273 g/mol. The smallest absolute Gasteiger partial charge is 0.410 e. The van der Waals surface area contributed by atoms with Gasteiger partial charge in [0, 0.05) is 19.7 Å². The molecule has 0 saturated heterocycles. The molecule has 0 fully saturated rings. The van der Waals surface area contributed by atoms with Crippen molar-refractivity contribution in [2.45, 2.75) is 65.9 Å². The summed E-state index contributed by atoms with van der Waals surface area (Å²) >= 11 is 0. The molecular formula is C15H31NO3. The topological polar surface area (TPSA) is 49.8 Å². The summed E-state index contributed by atoms with van der Waals surface area (Å²) in [5, 5.41) is 8.84. The first-order chi connectivity index (χ1) is 8.84. The number of nitrogens with zero attached hydrogens (tertiary/aromatic N) is 1. The largest absolute Gasteiger partial charge is 0.444 e. The number of carbonyl (C=O) groups is 1. The van der Waals surface area contributed by atoms with Gasteiger partial charge in [-0.2, -0.15) is 0 Å². The van der Waals surface area contributed by atoms with Gasteiger partial charge in [0.1, 0.15) is 5.60 Å². The highest BCUT2D eigenvalue weighted by Crippen LogP contribution is 2.15. The highest BCUT2D eigenvalue weighted by molar-refractivity contribution is 5.68. The van der Waals surface area contributed by atoms with Crippen LogP contribution >= 0.6 is 0 Å². The van der Waals surface area contributed by atoms with E-state index in [1.54, 1.807) is 4.90 Å². The lowest BCUT2D eigenvalue weighted by Crippen LogP contribution is -2.40. The predicted octanol–water partition coefficient (Wildman–Crippen LogP) is 3.43. The molecule has 0 aromatic heterocycles. The lowest BCUT2D eigenvalue weighted by Gasteiger charge is -2.29. The molecule has 0 aliphatic heterocycles. The van der Waals surface area contributed by atoms with Crippen molar-refractivity contribution in [2.75, 3.05) is 19.7 Å². The molecule has 0 heterocycles. The van der Waals surface area contributed by atoms with Crippen molar-refractivity contribution in [2.24, 2.45) is 5.92 Å². The molecule has 0 radical (unpaired) electrons. The highest BCUT2D eigenvalue weighted by atomic mass is 16.6. The highest BCUT2D eigenvalue weighted by Gasteiger charge is 2.23. The molecule has 4 nitrogen and oxygen atoms in total. The fourth-order valence-electron chi connectivity index (χ4n) is 1.86. The van der Waals surface area contributed by atoms with Crippen molar-refractivity contribution in [1.82, 2.24) is 4.90 Å². The van der Waals surface area contributed by atoms with Crippen LogP contribution in [0.1, 0.15) is 60.3 Å². The molecule has 4 heteroatoms. The van der Waals surface area contributed by atoms with Crippen molar-refractivity contribution < 1.29 is 14.6 Å². The summed E-state index contributed by atoms with van der Waals surface area (Å²) in [6.45, 7) is 11.5. The molecule has 1 N–H and O–H groups in total. The Kier molecular flexibility index (Phi) is 8.81. The maximum Gasteiger partial charge on any atom is 0.410 e. The standard InChI is InChI=1S/C15H31NO3/c1-6-13(7-2)12-16(10-8-9-11-17)14(18)19-15(3,4)5/h13,17H,6-12H2,1-5H3. The first kappa shape index (κ1) is 18.2. The van der Waals surface area contributed by atoms with Crippen molar-refractivity contribution in [3.05, 3.63) is 0 Å². The van der Waals surface area contributed by atoms with Gasteiger partial charge in [-0.05, 0) is 39.5 Å². The van der Waals surface area contributed by atoms with E-state index in [0.29, 0.717) is 12.5 Å². The van der Waals surface area contributed by atoms with E-state index >= 15 is 0 Å². The second kappa shape index (κ2) is 9.18. The minimum Gasteiger partial charge on any atom is -0.444 e. The van der Waals surface area contributed by atoms with E-state index in [2.05, 4.69) is 13.8 Å². The molecule has 0 aromatic carbocycles. The number of hydrogen-bond donors (Lipinski definition) is 1. The average Bonchev–Trinajstić information content (AvgIpc) is 2.31. The SMILES string of the molecule is CCC(CC)CN(CCCCO)C(=O)OC(C)(C)C. The zero-order chi connectivity index (χ0) is 14.9. The Morgan fingerprint density at radius 3 is 2.21 bits per heavy atom. The molecular weight excluding hydrogens is 242 g/mol. The van der Waals surface area contributed by atoms with Gasteiger partial charge >= 0.3 is 6.09 Å². The Balaban J connectivity index is 4.50. The zero-order valence-electron chi connectivity index (χ0n) is 13.2. The Hall–Kier alpha value is -0.770. The number of hydrogen-bond acceptors (Lipinski definition) is 3. The van der Waals surface area contributed by atoms with Crippen LogP contribution in [0.15, 0.2) is 0 Å². The number of rotatable bonds is 8. The second-order valence-electron chi connectivity index (χ2n) is 6.04. The van der Waals surface area contributed by atoms with E-state index in [-0.39, 0.29) is 12.7 Å². The number of amides is 1. The molecule has 1 amide bonds. The van der Waals surface area contributed by atoms with E-state index < -0.39 is 5.60 Å². The lowest BCUT2D eigenvalue weighted by molar-refractivity contribution is 0.0212. The van der Waals surface area contributed by atoms with E-state index in [0.717, 1.165) is 32.2 Å². The molecule has 0 unspecified atom stereocenters. The molecule has 0 atom stereocenters. The van der Waals surface area contributed by atoms with Gasteiger partial charge < -0.3 is 14.7 Å². The van der Waals surface area contributed by atoms with Crippen LogP contribution < -0.4 is 0 Å². The van der Waals surface area contributed by atoms with Crippen LogP contribution in [0, 0.1) is 5.92 Å². The van der Waals surface area contributed by atoms with Crippen LogP contribution in [0.3, 0.4) is 0 Å². The van der Waals surface area contributed by atoms with Crippen molar-refractivity contribution >= 4 is 6.09 Å². The van der Waals surface area contributed by atoms with Gasteiger partial charge in [0.25, 0.3) is 0 Å². The molecule has 0 aliphatic rings. The van der Waals surface area contributed by atoms with Crippen LogP contribution in [0.2, 0.25) is 0 Å². The summed E-state index contributed by atoms with van der Waals surface area (Å²) in [5.74, 6) is 0.515. The third-order valence-electron chi connectivity index (χ3n) is 3.12. The second-order valence-corrected chi connectivity index (χ2v) is 6.04. The Bertz CT molecular complexity index is 244. The van der Waals surface area contributed by atoms with Gasteiger partial charge in [0.15, 0.2) is 0 Å². The molecule has 19 heavy (non-hydrogen) atoms. The monoisotopic (exact) mass is 273 g/mol. The normalized spacial score (nSPS) is 11.7. The predicted molar refractivity (Wildman–Crippen MR) is 78.2 cm³/mol. The minimum atomic E-state index is -0.458. The van der Waals surface area contributed by atoms with Crippen LogP contribution in [-0.4, -0.2) is 41.4 Å². The van der Waals surface area contributed by atoms with Gasteiger partial charge in [-0.3, -0.25) is 0 Å². The molecule has 0 saturated carbocycles. The summed E-state index contributed by atoms with van der Waals surface area (Å²) in [4.78, 5) is 14.0. The maximum absolute atomic E-state index is 12.2. The molecule has 0 spiro atoms. The van der Waals surface area contributed by atoms with Crippen molar-refractivity contribution in [3.63, 3.8) is 0 Å². The van der Waals surface area contributed by atoms with Crippen LogP contribution in [0.5, 0.6) is 0 Å². The van der Waals surface area contributed by atoms with Gasteiger partial charge in [-0.25, -0.2) is 4.79 Å². The van der Waals surface area contributed by atoms with Gasteiger partial charge in [0.2, 0.25) is 0 Å². The third-order valence-corrected chi connectivity index (χ3v) is 3.12. The van der Waals surface area contributed by atoms with E-state index in [1.165, 1.54) is 0 Å². The molecule has 0 rings (SSSR count). The summed E-state index contributed by atoms with van der Waals surface area (Å²) in [7, 11) is 0. The number of ether oxygens (including phenoxy) is 1. The fourth-order valence-corrected chi connectivity index (χ4v) is 1.86. The lowest BCUT2D eigenvalue weighted by atomic mass is 10.0. The van der Waals surface area contributed by atoms with Crippen LogP contribution in [0.4, 0.5) is 4.79 Å². The van der Waals surface area contributed by atoms with Crippen molar-refractivity contribution in [3.8, 4) is 0 Å². The van der Waals surface area contributed by atoms with E-state index in [1.807, 2.05) is 20.8 Å². The molecule has 0 bridgehead atoms. The van der Waals surface area contributed by atoms with Crippen molar-refractivity contribution in [1.29, 1.82) is 0 Å². The number of aliphatic hydroxyl groups is 1. The summed E-state index contributed by atoms with van der Waals surface area (Å²) < 4.78 is 5.44. The Labute approximate surface area is 118 Å². The summed E-state index contributed by atoms with van der Waals surface area (Å²) in [6.07, 6.45) is 3.43. The minimum absolute atomic E-state index is 0.174. The summed E-state index contributed by atoms with van der Waals surface area (Å²) in [6, 6.07) is 0. The van der Waals surface area contributed by atoms with Gasteiger partial charge in [-0.15, -0.1) is 0 Å². The van der Waals surface area contributed by atoms with Gasteiger partial charge in [-0.1, -0.05) is 26.7 Å². The number of unbranched alkanes of at least 4 members (excludes halogenated alkanes) is 1. The fraction of sp³-hybridized carbons (Fsp3) is 0.933. The molecule has 114 valence electrons. The summed E-state index contributed by atoms with van der Waals surface area (Å²) in [5.41, 5.74) is -0.458. The maximum atomic E-state index is 12.2. The van der Waals surface area contributed by atoms with Crippen LogP contribution in [0.25, 0.3) is 0 Å². The third kappa shape index (κ3) is 8.87. The first-order valence-corrected chi connectivity index (χ1v) is 7.42. The quantitative estimate of drug-likeness (QED) is 0.689. The number of carbonyl (C=O) groups excluding carboxylic acids is 1. The number of aliphatic hydroxyl groups excluding tert-OH is 1. The zero-order valence-corrected chi connectivity index (χ0v) is 13.2. The van der Waals surface area contributed by atoms with E-state index in [4.69, 9.17) is 9.84 Å². The first-order valence-electron chi connectivity index (χ1n) is 7.42. The molecule has 0 aromatic rings. The Morgan fingerprint density at radius 1 is 1.21 bits per heavy atom. The molecule has 0 aliphatic carbocycles. The Morgan fingerprint density at radius 2 is 1.79 bits per heavy atom. The van der Waals surface area contributed by atoms with Gasteiger partial charge in [0.05, 0.1) is 0 Å². The van der Waals surface area contributed by atoms with E-state index in [9.17, 15) is 4.79 Å².